The average molecular weight is 282 g/mol. The molecule has 1 aliphatic carbocycles. The molecule has 0 spiro atoms. The molecule has 0 unspecified atom stereocenters. The first-order valence-corrected chi connectivity index (χ1v) is 7.13. The summed E-state index contributed by atoms with van der Waals surface area (Å²) < 4.78 is 0. The summed E-state index contributed by atoms with van der Waals surface area (Å²) in [5.74, 6) is 1.20. The third kappa shape index (κ3) is 3.83. The number of nitrogens with one attached hydrogen (secondary N) is 1. The number of nitrogens with two attached hydrogens (primary N) is 1. The number of rotatable bonds is 3. The number of pyridine rings is 1. The Morgan fingerprint density at radius 3 is 2.84 bits per heavy atom. The molecule has 1 aromatic rings. The van der Waals surface area contributed by atoms with Crippen LogP contribution in [0.25, 0.3) is 0 Å². The zero-order valence-electron chi connectivity index (χ0n) is 11.2. The van der Waals surface area contributed by atoms with Crippen LogP contribution >= 0.6 is 11.6 Å². The number of amides is 1. The predicted octanol–water partition coefficient (Wildman–Crippen LogP) is 2.87. The van der Waals surface area contributed by atoms with Crippen LogP contribution in [0.3, 0.4) is 0 Å². The highest BCUT2D eigenvalue weighted by Gasteiger charge is 2.19. The standard InChI is InChI=1S/C14H20ClN3O/c1-9-2-4-10(5-3-9)7-18-14(19)12-6-11(16)8-17-13(12)15/h6,8-10H,2-5,7,16H2,1H3,(H,18,19). The minimum Gasteiger partial charge on any atom is -0.397 e. The maximum atomic E-state index is 12.0. The lowest BCUT2D eigenvalue weighted by Gasteiger charge is -2.26. The van der Waals surface area contributed by atoms with E-state index in [4.69, 9.17) is 17.3 Å². The molecule has 19 heavy (non-hydrogen) atoms. The maximum Gasteiger partial charge on any atom is 0.254 e. The summed E-state index contributed by atoms with van der Waals surface area (Å²) in [7, 11) is 0. The minimum atomic E-state index is -0.191. The zero-order chi connectivity index (χ0) is 13.8. The normalized spacial score (nSPS) is 23.1. The molecule has 0 atom stereocenters. The van der Waals surface area contributed by atoms with Gasteiger partial charge in [0.05, 0.1) is 17.4 Å². The van der Waals surface area contributed by atoms with Crippen molar-refractivity contribution < 1.29 is 4.79 Å². The highest BCUT2D eigenvalue weighted by atomic mass is 35.5. The largest absolute Gasteiger partial charge is 0.397 e. The summed E-state index contributed by atoms with van der Waals surface area (Å²) in [5, 5.41) is 3.13. The van der Waals surface area contributed by atoms with Crippen molar-refractivity contribution in [1.29, 1.82) is 0 Å². The number of nitrogens with zero attached hydrogens (tertiary/aromatic N) is 1. The SMILES string of the molecule is CC1CCC(CNC(=O)c2cc(N)cnc2Cl)CC1. The molecule has 4 nitrogen and oxygen atoms in total. The van der Waals surface area contributed by atoms with Crippen LogP contribution in [0, 0.1) is 11.8 Å². The van der Waals surface area contributed by atoms with E-state index in [0.717, 1.165) is 5.92 Å². The lowest BCUT2D eigenvalue weighted by molar-refractivity contribution is 0.0941. The van der Waals surface area contributed by atoms with Crippen LogP contribution in [0.2, 0.25) is 5.15 Å². The van der Waals surface area contributed by atoms with Gasteiger partial charge in [0.2, 0.25) is 0 Å². The van der Waals surface area contributed by atoms with Crippen molar-refractivity contribution in [3.8, 4) is 0 Å². The van der Waals surface area contributed by atoms with Crippen molar-refractivity contribution in [2.24, 2.45) is 11.8 Å². The molecule has 0 bridgehead atoms. The fourth-order valence-electron chi connectivity index (χ4n) is 2.49. The number of hydrogen-bond acceptors (Lipinski definition) is 3. The summed E-state index contributed by atoms with van der Waals surface area (Å²) >= 11 is 5.90. The predicted molar refractivity (Wildman–Crippen MR) is 77.1 cm³/mol. The Morgan fingerprint density at radius 1 is 1.47 bits per heavy atom. The summed E-state index contributed by atoms with van der Waals surface area (Å²) in [5.41, 5.74) is 6.42. The van der Waals surface area contributed by atoms with Gasteiger partial charge in [0.25, 0.3) is 5.91 Å². The third-order valence-electron chi connectivity index (χ3n) is 3.79. The van der Waals surface area contributed by atoms with Crippen LogP contribution in [-0.2, 0) is 0 Å². The van der Waals surface area contributed by atoms with Crippen molar-refractivity contribution >= 4 is 23.2 Å². The molecule has 0 aromatic carbocycles. The highest BCUT2D eigenvalue weighted by Crippen LogP contribution is 2.27. The van der Waals surface area contributed by atoms with Gasteiger partial charge in [0.1, 0.15) is 5.15 Å². The van der Waals surface area contributed by atoms with Crippen LogP contribution < -0.4 is 11.1 Å². The number of carbonyl (C=O) groups excluding carboxylic acids is 1. The van der Waals surface area contributed by atoms with E-state index in [1.165, 1.54) is 31.9 Å². The van der Waals surface area contributed by atoms with Gasteiger partial charge in [-0.2, -0.15) is 0 Å². The van der Waals surface area contributed by atoms with Crippen LogP contribution in [0.5, 0.6) is 0 Å². The van der Waals surface area contributed by atoms with Gasteiger partial charge in [-0.05, 0) is 30.7 Å². The molecule has 0 radical (unpaired) electrons. The molecule has 104 valence electrons. The van der Waals surface area contributed by atoms with E-state index < -0.39 is 0 Å². The third-order valence-corrected chi connectivity index (χ3v) is 4.09. The smallest absolute Gasteiger partial charge is 0.254 e. The second-order valence-corrected chi connectivity index (χ2v) is 5.80. The first-order valence-electron chi connectivity index (χ1n) is 6.75. The van der Waals surface area contributed by atoms with E-state index in [1.807, 2.05) is 0 Å². The van der Waals surface area contributed by atoms with Gasteiger partial charge in [-0.15, -0.1) is 0 Å². The number of hydrogen-bond donors (Lipinski definition) is 2. The Morgan fingerprint density at radius 2 is 2.16 bits per heavy atom. The van der Waals surface area contributed by atoms with Gasteiger partial charge in [-0.1, -0.05) is 31.4 Å². The van der Waals surface area contributed by atoms with E-state index in [1.54, 1.807) is 6.07 Å². The molecule has 1 amide bonds. The number of halogens is 1. The number of nitrogen functional groups attached to an aromatic ring is 1. The Kier molecular flexibility index (Phi) is 4.64. The van der Waals surface area contributed by atoms with Crippen LogP contribution in [0.1, 0.15) is 43.0 Å². The molecule has 0 aliphatic heterocycles. The second kappa shape index (κ2) is 6.24. The lowest BCUT2D eigenvalue weighted by atomic mass is 9.83. The van der Waals surface area contributed by atoms with Crippen LogP contribution in [-0.4, -0.2) is 17.4 Å². The van der Waals surface area contributed by atoms with Gasteiger partial charge in [-0.3, -0.25) is 4.79 Å². The summed E-state index contributed by atoms with van der Waals surface area (Å²) in [6.07, 6.45) is 6.32. The number of aromatic nitrogens is 1. The fraction of sp³-hybridized carbons (Fsp3) is 0.571. The zero-order valence-corrected chi connectivity index (χ0v) is 11.9. The molecule has 1 aromatic heterocycles. The van der Waals surface area contributed by atoms with Gasteiger partial charge < -0.3 is 11.1 Å². The molecule has 1 saturated carbocycles. The van der Waals surface area contributed by atoms with Gasteiger partial charge in [-0.25, -0.2) is 4.98 Å². The van der Waals surface area contributed by atoms with Crippen molar-refractivity contribution in [1.82, 2.24) is 10.3 Å². The van der Waals surface area contributed by atoms with Crippen molar-refractivity contribution in [2.75, 3.05) is 12.3 Å². The lowest BCUT2D eigenvalue weighted by Crippen LogP contribution is -2.31. The quantitative estimate of drug-likeness (QED) is 0.837. The van der Waals surface area contributed by atoms with E-state index in [0.29, 0.717) is 23.7 Å². The van der Waals surface area contributed by atoms with Crippen molar-refractivity contribution in [3.05, 3.63) is 23.0 Å². The highest BCUT2D eigenvalue weighted by molar-refractivity contribution is 6.32. The summed E-state index contributed by atoms with van der Waals surface area (Å²) in [6.45, 7) is 2.99. The second-order valence-electron chi connectivity index (χ2n) is 5.44. The Hall–Kier alpha value is -1.29. The number of anilines is 1. The molecule has 1 fully saturated rings. The van der Waals surface area contributed by atoms with Crippen molar-refractivity contribution in [2.45, 2.75) is 32.6 Å². The topological polar surface area (TPSA) is 68.0 Å². The van der Waals surface area contributed by atoms with E-state index in [9.17, 15) is 4.79 Å². The van der Waals surface area contributed by atoms with Crippen LogP contribution in [0.4, 0.5) is 5.69 Å². The molecule has 0 saturated heterocycles. The van der Waals surface area contributed by atoms with E-state index >= 15 is 0 Å². The average Bonchev–Trinajstić information content (AvgIpc) is 2.40. The monoisotopic (exact) mass is 281 g/mol. The Bertz CT molecular complexity index is 456. The summed E-state index contributed by atoms with van der Waals surface area (Å²) in [4.78, 5) is 15.9. The van der Waals surface area contributed by atoms with Crippen LogP contribution in [0.15, 0.2) is 12.3 Å². The molecule has 1 aliphatic rings. The van der Waals surface area contributed by atoms with E-state index in [2.05, 4.69) is 17.2 Å². The molecule has 2 rings (SSSR count). The molecule has 3 N–H and O–H groups in total. The van der Waals surface area contributed by atoms with Crippen molar-refractivity contribution in [3.63, 3.8) is 0 Å². The molecular weight excluding hydrogens is 262 g/mol. The summed E-state index contributed by atoms with van der Waals surface area (Å²) in [6, 6.07) is 1.56. The minimum absolute atomic E-state index is 0.191. The molecular formula is C14H20ClN3O. The van der Waals surface area contributed by atoms with E-state index in [-0.39, 0.29) is 11.1 Å². The Balaban J connectivity index is 1.89. The van der Waals surface area contributed by atoms with Gasteiger partial charge in [0.15, 0.2) is 0 Å². The Labute approximate surface area is 118 Å². The molecule has 5 heteroatoms. The van der Waals surface area contributed by atoms with Gasteiger partial charge in [0, 0.05) is 6.54 Å². The first kappa shape index (κ1) is 14.1. The maximum absolute atomic E-state index is 12.0. The van der Waals surface area contributed by atoms with Gasteiger partial charge >= 0.3 is 0 Å². The number of carbonyl (C=O) groups is 1. The first-order chi connectivity index (χ1) is 9.06. The molecule has 1 heterocycles. The fourth-order valence-corrected chi connectivity index (χ4v) is 2.68.